The smallest absolute Gasteiger partial charge is 0.325 e. The molecule has 0 aromatic rings. The van der Waals surface area contributed by atoms with Crippen LogP contribution in [0.4, 0.5) is 0 Å². The van der Waals surface area contributed by atoms with Gasteiger partial charge >= 0.3 is 5.97 Å². The molecule has 7 nitrogen and oxygen atoms in total. The van der Waals surface area contributed by atoms with Gasteiger partial charge in [-0.1, -0.05) is 0 Å². The van der Waals surface area contributed by atoms with Gasteiger partial charge in [-0.15, -0.1) is 0 Å². The first-order valence-corrected chi connectivity index (χ1v) is 7.57. The fourth-order valence-electron chi connectivity index (χ4n) is 3.00. The highest BCUT2D eigenvalue weighted by Crippen LogP contribution is 2.25. The van der Waals surface area contributed by atoms with E-state index in [0.29, 0.717) is 37.2 Å². The molecule has 2 atom stereocenters. The Morgan fingerprint density at radius 1 is 1.32 bits per heavy atom. The average molecular weight is 309 g/mol. The van der Waals surface area contributed by atoms with Crippen LogP contribution in [0.5, 0.6) is 0 Å². The predicted octanol–water partition coefficient (Wildman–Crippen LogP) is 0.545. The number of hydrogen-bond donors (Lipinski definition) is 2. The van der Waals surface area contributed by atoms with Crippen molar-refractivity contribution in [3.8, 4) is 0 Å². The van der Waals surface area contributed by atoms with Gasteiger partial charge in [-0.2, -0.15) is 0 Å². The normalized spacial score (nSPS) is 29.7. The van der Waals surface area contributed by atoms with Gasteiger partial charge in [0.15, 0.2) is 0 Å². The molecule has 0 bridgehead atoms. The summed E-state index contributed by atoms with van der Waals surface area (Å²) >= 11 is 0. The monoisotopic (exact) mass is 309 g/mol. The van der Waals surface area contributed by atoms with Crippen LogP contribution in [0.25, 0.3) is 0 Å². The van der Waals surface area contributed by atoms with E-state index in [9.17, 15) is 9.59 Å². The second-order valence-electron chi connectivity index (χ2n) is 5.87. The van der Waals surface area contributed by atoms with Crippen molar-refractivity contribution in [2.75, 3.05) is 19.6 Å². The molecule has 122 valence electrons. The molecule has 22 heavy (non-hydrogen) atoms. The van der Waals surface area contributed by atoms with Crippen LogP contribution in [0.15, 0.2) is 16.3 Å². The third-order valence-electron chi connectivity index (χ3n) is 3.86. The van der Waals surface area contributed by atoms with E-state index in [-0.39, 0.29) is 30.4 Å². The van der Waals surface area contributed by atoms with Gasteiger partial charge in [0.1, 0.15) is 12.2 Å². The first-order valence-electron chi connectivity index (χ1n) is 7.57. The molecule has 0 radical (unpaired) electrons. The Hall–Kier alpha value is -1.89. The van der Waals surface area contributed by atoms with Crippen molar-refractivity contribution >= 4 is 17.6 Å². The molecule has 2 fully saturated rings. The van der Waals surface area contributed by atoms with E-state index >= 15 is 0 Å². The lowest BCUT2D eigenvalue weighted by Crippen LogP contribution is -2.49. The van der Waals surface area contributed by atoms with Crippen molar-refractivity contribution in [3.63, 3.8) is 0 Å². The fraction of sp³-hybridized carbons (Fsp3) is 0.667. The third kappa shape index (κ3) is 3.85. The second kappa shape index (κ2) is 6.91. The predicted molar refractivity (Wildman–Crippen MR) is 81.6 cm³/mol. The Labute approximate surface area is 129 Å². The molecule has 0 aromatic carbocycles. The summed E-state index contributed by atoms with van der Waals surface area (Å²) < 4.78 is 5.62. The number of ether oxygens (including phenoxy) is 1. The number of aliphatic imine (C=N–C) groups is 1. The number of carboxylic acid groups (broad SMARTS) is 1. The molecule has 7 heteroatoms. The molecule has 2 rings (SSSR count). The lowest BCUT2D eigenvalue weighted by molar-refractivity contribution is -0.139. The third-order valence-corrected chi connectivity index (χ3v) is 3.86. The molecule has 1 saturated carbocycles. The number of amides is 1. The summed E-state index contributed by atoms with van der Waals surface area (Å²) in [6.45, 7) is 4.59. The summed E-state index contributed by atoms with van der Waals surface area (Å²) in [6, 6.07) is 0. The Bertz CT molecular complexity index is 517. The topological polar surface area (TPSA) is 105 Å². The summed E-state index contributed by atoms with van der Waals surface area (Å²) in [5.41, 5.74) is 7.62. The maximum absolute atomic E-state index is 12.6. The molecule has 1 saturated heterocycles. The highest BCUT2D eigenvalue weighted by Gasteiger charge is 2.30. The van der Waals surface area contributed by atoms with Crippen molar-refractivity contribution in [2.24, 2.45) is 10.7 Å². The largest absolute Gasteiger partial charge is 0.480 e. The van der Waals surface area contributed by atoms with Crippen LogP contribution in [-0.4, -0.2) is 59.4 Å². The first-order chi connectivity index (χ1) is 10.4. The number of aliphatic carboxylic acids is 1. The number of nitrogens with two attached hydrogens (primary N) is 1. The zero-order chi connectivity index (χ0) is 16.3. The van der Waals surface area contributed by atoms with E-state index in [1.807, 2.05) is 13.8 Å². The molecule has 1 aliphatic carbocycles. The fourth-order valence-corrected chi connectivity index (χ4v) is 3.00. The number of morpholine rings is 1. The zero-order valence-electron chi connectivity index (χ0n) is 13.0. The Kier molecular flexibility index (Phi) is 5.18. The molecule has 2 aliphatic rings. The quantitative estimate of drug-likeness (QED) is 0.740. The van der Waals surface area contributed by atoms with E-state index in [4.69, 9.17) is 15.6 Å². The molecule has 3 N–H and O–H groups in total. The van der Waals surface area contributed by atoms with Gasteiger partial charge in [0, 0.05) is 24.4 Å². The number of carbonyl (C=O) groups excluding carboxylic acids is 1. The van der Waals surface area contributed by atoms with Crippen LogP contribution in [0.2, 0.25) is 0 Å². The van der Waals surface area contributed by atoms with Gasteiger partial charge in [0.25, 0.3) is 5.91 Å². The number of carboxylic acids is 1. The molecule has 1 heterocycles. The first kappa shape index (κ1) is 16.5. The minimum absolute atomic E-state index is 0.0192. The number of nitrogens with zero attached hydrogens (tertiary/aromatic N) is 2. The second-order valence-corrected chi connectivity index (χ2v) is 5.87. The molecular weight excluding hydrogens is 286 g/mol. The summed E-state index contributed by atoms with van der Waals surface area (Å²) in [5.74, 6) is -1.19. The molecule has 1 aliphatic heterocycles. The lowest BCUT2D eigenvalue weighted by Gasteiger charge is -2.35. The molecule has 1 amide bonds. The van der Waals surface area contributed by atoms with E-state index in [0.717, 1.165) is 6.42 Å². The van der Waals surface area contributed by atoms with Crippen molar-refractivity contribution in [2.45, 2.75) is 45.3 Å². The molecule has 0 unspecified atom stereocenters. The minimum Gasteiger partial charge on any atom is -0.480 e. The lowest BCUT2D eigenvalue weighted by atomic mass is 10.1. The van der Waals surface area contributed by atoms with Gasteiger partial charge in [0.05, 0.1) is 12.2 Å². The molecule has 0 spiro atoms. The average Bonchev–Trinajstić information content (AvgIpc) is 2.90. The van der Waals surface area contributed by atoms with E-state index in [1.165, 1.54) is 0 Å². The van der Waals surface area contributed by atoms with Crippen LogP contribution < -0.4 is 5.73 Å². The summed E-state index contributed by atoms with van der Waals surface area (Å²) in [7, 11) is 0. The Morgan fingerprint density at radius 2 is 1.95 bits per heavy atom. The summed E-state index contributed by atoms with van der Waals surface area (Å²) in [5, 5.41) is 8.73. The maximum Gasteiger partial charge on any atom is 0.325 e. The maximum atomic E-state index is 12.6. The minimum atomic E-state index is -0.987. The van der Waals surface area contributed by atoms with Gasteiger partial charge in [0.2, 0.25) is 0 Å². The number of hydrogen-bond acceptors (Lipinski definition) is 5. The van der Waals surface area contributed by atoms with Crippen LogP contribution in [-0.2, 0) is 14.3 Å². The highest BCUT2D eigenvalue weighted by molar-refractivity contribution is 6.09. The summed E-state index contributed by atoms with van der Waals surface area (Å²) in [6.07, 6.45) is 2.15. The highest BCUT2D eigenvalue weighted by atomic mass is 16.5. The molecule has 0 aromatic heterocycles. The Balaban J connectivity index is 2.17. The van der Waals surface area contributed by atoms with Gasteiger partial charge in [-0.3, -0.25) is 14.6 Å². The zero-order valence-corrected chi connectivity index (χ0v) is 13.0. The summed E-state index contributed by atoms with van der Waals surface area (Å²) in [4.78, 5) is 29.0. The van der Waals surface area contributed by atoms with Crippen molar-refractivity contribution in [1.29, 1.82) is 0 Å². The van der Waals surface area contributed by atoms with Crippen molar-refractivity contribution in [3.05, 3.63) is 11.3 Å². The van der Waals surface area contributed by atoms with E-state index in [2.05, 4.69) is 4.99 Å². The SMILES string of the molecule is C[C@@H]1CN(C(=O)C(N)=C2CCCC2=NCC(=O)O)C[C@H](C)O1. The van der Waals surface area contributed by atoms with Crippen molar-refractivity contribution in [1.82, 2.24) is 4.90 Å². The van der Waals surface area contributed by atoms with Crippen LogP contribution in [0.1, 0.15) is 33.1 Å². The van der Waals surface area contributed by atoms with Crippen molar-refractivity contribution < 1.29 is 19.4 Å². The number of allylic oxidation sites excluding steroid dienone is 1. The Morgan fingerprint density at radius 3 is 2.55 bits per heavy atom. The van der Waals surface area contributed by atoms with Crippen LogP contribution in [0.3, 0.4) is 0 Å². The van der Waals surface area contributed by atoms with Crippen LogP contribution >= 0.6 is 0 Å². The number of carbonyl (C=O) groups is 2. The van der Waals surface area contributed by atoms with E-state index < -0.39 is 5.97 Å². The molecular formula is C15H23N3O4. The van der Waals surface area contributed by atoms with Gasteiger partial charge in [-0.25, -0.2) is 0 Å². The standard InChI is InChI=1S/C15H23N3O4/c1-9-7-18(8-10(2)22-9)15(21)14(16)11-4-3-5-12(11)17-6-13(19)20/h9-10H,3-8,16H2,1-2H3,(H,19,20)/t9-,10+. The van der Waals surface area contributed by atoms with E-state index in [1.54, 1.807) is 4.90 Å². The van der Waals surface area contributed by atoms with Gasteiger partial charge in [-0.05, 0) is 33.1 Å². The number of rotatable bonds is 3. The van der Waals surface area contributed by atoms with Crippen LogP contribution in [0, 0.1) is 0 Å². The van der Waals surface area contributed by atoms with Gasteiger partial charge < -0.3 is 20.5 Å².